The maximum absolute atomic E-state index is 11.6. The van der Waals surface area contributed by atoms with E-state index in [-0.39, 0.29) is 6.54 Å². The van der Waals surface area contributed by atoms with Crippen molar-refractivity contribution in [3.8, 4) is 0 Å². The molecule has 0 spiro atoms. The van der Waals surface area contributed by atoms with Crippen molar-refractivity contribution < 1.29 is 5.11 Å². The zero-order chi connectivity index (χ0) is 17.2. The van der Waals surface area contributed by atoms with E-state index in [4.69, 9.17) is 23.2 Å². The summed E-state index contributed by atoms with van der Waals surface area (Å²) in [5.74, 6) is 0. The van der Waals surface area contributed by atoms with Crippen LogP contribution < -0.4 is 0 Å². The first-order chi connectivity index (χ1) is 11.5. The van der Waals surface area contributed by atoms with E-state index in [0.717, 1.165) is 0 Å². The molecule has 0 saturated heterocycles. The van der Waals surface area contributed by atoms with E-state index < -0.39 is 11.0 Å². The molecule has 0 saturated carbocycles. The van der Waals surface area contributed by atoms with E-state index in [1.165, 1.54) is 30.7 Å². The van der Waals surface area contributed by atoms with Crippen molar-refractivity contribution in [3.05, 3.63) is 59.1 Å². The van der Waals surface area contributed by atoms with Gasteiger partial charge in [-0.3, -0.25) is 0 Å². The molecule has 126 valence electrons. The Morgan fingerprint density at radius 1 is 1.21 bits per heavy atom. The average molecular weight is 385 g/mol. The molecule has 0 amide bonds. The first kappa shape index (κ1) is 17.2. The van der Waals surface area contributed by atoms with Gasteiger partial charge in [-0.25, -0.2) is 19.3 Å². The molecule has 0 aliphatic heterocycles. The van der Waals surface area contributed by atoms with Crippen molar-refractivity contribution in [3.63, 3.8) is 0 Å². The lowest BCUT2D eigenvalue weighted by Gasteiger charge is -2.35. The van der Waals surface area contributed by atoms with Gasteiger partial charge in [0.2, 0.25) is 0 Å². The maximum atomic E-state index is 11.6. The van der Waals surface area contributed by atoms with Gasteiger partial charge < -0.3 is 5.11 Å². The SMILES string of the molecule is CS[C@@H](n1cncn1)[C@@](O)(Cn1cncn1)c1ccc(Cl)cc1Cl. The number of aromatic nitrogens is 6. The van der Waals surface area contributed by atoms with E-state index in [2.05, 4.69) is 20.2 Å². The Kier molecular flexibility index (Phi) is 5.09. The summed E-state index contributed by atoms with van der Waals surface area (Å²) in [6.45, 7) is 0.139. The molecular weight excluding hydrogens is 371 g/mol. The normalized spacial score (nSPS) is 15.2. The smallest absolute Gasteiger partial charge is 0.142 e. The van der Waals surface area contributed by atoms with Crippen molar-refractivity contribution in [1.82, 2.24) is 29.5 Å². The molecule has 2 aromatic heterocycles. The molecule has 3 aromatic rings. The molecule has 2 atom stereocenters. The average Bonchev–Trinajstić information content (AvgIpc) is 3.21. The van der Waals surface area contributed by atoms with E-state index in [1.807, 2.05) is 6.26 Å². The van der Waals surface area contributed by atoms with Crippen molar-refractivity contribution in [1.29, 1.82) is 0 Å². The summed E-state index contributed by atoms with van der Waals surface area (Å²) < 4.78 is 3.14. The van der Waals surface area contributed by atoms with Crippen molar-refractivity contribution in [2.24, 2.45) is 0 Å². The van der Waals surface area contributed by atoms with Crippen LogP contribution in [0.3, 0.4) is 0 Å². The van der Waals surface area contributed by atoms with Crippen LogP contribution in [0.1, 0.15) is 10.9 Å². The van der Waals surface area contributed by atoms with Gasteiger partial charge in [0.15, 0.2) is 0 Å². The summed E-state index contributed by atoms with van der Waals surface area (Å²) in [6, 6.07) is 5.00. The second-order valence-corrected chi connectivity index (χ2v) is 6.87. The fraction of sp³-hybridized carbons (Fsp3) is 0.286. The van der Waals surface area contributed by atoms with Crippen molar-refractivity contribution in [2.45, 2.75) is 17.5 Å². The topological polar surface area (TPSA) is 81.6 Å². The van der Waals surface area contributed by atoms with Crippen molar-refractivity contribution in [2.75, 3.05) is 6.26 Å². The number of halogens is 2. The summed E-state index contributed by atoms with van der Waals surface area (Å²) in [6.07, 6.45) is 7.79. The Bertz CT molecular complexity index is 798. The van der Waals surface area contributed by atoms with Crippen LogP contribution in [-0.4, -0.2) is 40.9 Å². The summed E-state index contributed by atoms with van der Waals surface area (Å²) in [4.78, 5) is 7.90. The minimum absolute atomic E-state index is 0.139. The molecule has 0 fully saturated rings. The lowest BCUT2D eigenvalue weighted by molar-refractivity contribution is -0.00903. The Morgan fingerprint density at radius 2 is 1.96 bits per heavy atom. The Labute approximate surface area is 152 Å². The van der Waals surface area contributed by atoms with Gasteiger partial charge in [0.25, 0.3) is 0 Å². The second-order valence-electron chi connectivity index (χ2n) is 5.11. The van der Waals surface area contributed by atoms with Crippen molar-refractivity contribution >= 4 is 35.0 Å². The van der Waals surface area contributed by atoms with Gasteiger partial charge in [-0.2, -0.15) is 10.2 Å². The molecule has 2 heterocycles. The molecule has 3 rings (SSSR count). The summed E-state index contributed by atoms with van der Waals surface area (Å²) >= 11 is 13.8. The third-order valence-corrected chi connectivity index (χ3v) is 5.18. The van der Waals surface area contributed by atoms with E-state index >= 15 is 0 Å². The van der Waals surface area contributed by atoms with Gasteiger partial charge in [-0.05, 0) is 18.4 Å². The van der Waals surface area contributed by atoms with Crippen LogP contribution in [0.15, 0.2) is 43.5 Å². The number of aliphatic hydroxyl groups is 1. The molecule has 0 radical (unpaired) electrons. The number of hydrogen-bond acceptors (Lipinski definition) is 6. The minimum atomic E-state index is -1.41. The van der Waals surface area contributed by atoms with Crippen LogP contribution in [0.25, 0.3) is 0 Å². The molecule has 0 aliphatic rings. The quantitative estimate of drug-likeness (QED) is 0.703. The van der Waals surface area contributed by atoms with Crippen LogP contribution >= 0.6 is 35.0 Å². The zero-order valence-electron chi connectivity index (χ0n) is 12.6. The van der Waals surface area contributed by atoms with Gasteiger partial charge in [0.1, 0.15) is 36.3 Å². The van der Waals surface area contributed by atoms with Crippen LogP contribution in [-0.2, 0) is 12.1 Å². The highest BCUT2D eigenvalue weighted by molar-refractivity contribution is 7.98. The summed E-state index contributed by atoms with van der Waals surface area (Å²) in [5, 5.41) is 20.3. The lowest BCUT2D eigenvalue weighted by Crippen LogP contribution is -2.40. The van der Waals surface area contributed by atoms with Crippen LogP contribution in [0, 0.1) is 0 Å². The van der Waals surface area contributed by atoms with Gasteiger partial charge in [-0.15, -0.1) is 11.8 Å². The standard InChI is InChI=1S/C14H14Cl2N6OS/c1-24-13(22-9-18-7-20-22)14(23,5-21-8-17-6-19-21)11-3-2-10(15)4-12(11)16/h2-4,6-9,13,23H,5H2,1H3/t13-,14-/m1/s1. The highest BCUT2D eigenvalue weighted by Crippen LogP contribution is 2.43. The Balaban J connectivity index is 2.12. The fourth-order valence-electron chi connectivity index (χ4n) is 2.56. The zero-order valence-corrected chi connectivity index (χ0v) is 14.9. The number of nitrogens with zero attached hydrogens (tertiary/aromatic N) is 6. The fourth-order valence-corrected chi connectivity index (χ4v) is 4.05. The molecule has 0 unspecified atom stereocenters. The molecule has 1 aromatic carbocycles. The molecule has 24 heavy (non-hydrogen) atoms. The Morgan fingerprint density at radius 3 is 2.54 bits per heavy atom. The first-order valence-electron chi connectivity index (χ1n) is 6.92. The number of hydrogen-bond donors (Lipinski definition) is 1. The highest BCUT2D eigenvalue weighted by Gasteiger charge is 2.42. The number of thioether (sulfide) groups is 1. The molecule has 7 nitrogen and oxygen atoms in total. The number of rotatable bonds is 6. The molecule has 10 heteroatoms. The number of benzene rings is 1. The van der Waals surface area contributed by atoms with Gasteiger partial charge >= 0.3 is 0 Å². The lowest BCUT2D eigenvalue weighted by atomic mass is 9.93. The van der Waals surface area contributed by atoms with Gasteiger partial charge in [0.05, 0.1) is 6.54 Å². The third-order valence-electron chi connectivity index (χ3n) is 3.58. The monoisotopic (exact) mass is 384 g/mol. The van der Waals surface area contributed by atoms with Crippen LogP contribution in [0.2, 0.25) is 10.0 Å². The summed E-state index contributed by atoms with van der Waals surface area (Å²) in [5.41, 5.74) is -0.887. The highest BCUT2D eigenvalue weighted by atomic mass is 35.5. The van der Waals surface area contributed by atoms with Crippen LogP contribution in [0.5, 0.6) is 0 Å². The third kappa shape index (κ3) is 3.27. The molecule has 1 N–H and O–H groups in total. The second kappa shape index (κ2) is 7.10. The van der Waals surface area contributed by atoms with E-state index in [9.17, 15) is 5.11 Å². The maximum Gasteiger partial charge on any atom is 0.142 e. The van der Waals surface area contributed by atoms with E-state index in [0.29, 0.717) is 15.6 Å². The molecular formula is C14H14Cl2N6OS. The van der Waals surface area contributed by atoms with E-state index in [1.54, 1.807) is 33.9 Å². The minimum Gasteiger partial charge on any atom is -0.380 e. The predicted octanol–water partition coefficient (Wildman–Crippen LogP) is 2.63. The van der Waals surface area contributed by atoms with Crippen LogP contribution in [0.4, 0.5) is 0 Å². The largest absolute Gasteiger partial charge is 0.380 e. The van der Waals surface area contributed by atoms with Gasteiger partial charge in [-0.1, -0.05) is 29.3 Å². The summed E-state index contributed by atoms with van der Waals surface area (Å²) in [7, 11) is 0. The van der Waals surface area contributed by atoms with Gasteiger partial charge in [0, 0.05) is 15.6 Å². The molecule has 0 aliphatic carbocycles. The Hall–Kier alpha value is -1.61. The molecule has 0 bridgehead atoms. The predicted molar refractivity (Wildman–Crippen MR) is 93.0 cm³/mol. The first-order valence-corrected chi connectivity index (χ1v) is 8.96.